The van der Waals surface area contributed by atoms with E-state index in [1.54, 1.807) is 34.9 Å². The Balaban J connectivity index is 1.56. The number of carbonyl (C=O) groups is 1. The molecule has 1 heterocycles. The second-order valence-corrected chi connectivity index (χ2v) is 9.21. The van der Waals surface area contributed by atoms with Crippen LogP contribution in [0.15, 0.2) is 47.3 Å². The van der Waals surface area contributed by atoms with Crippen molar-refractivity contribution in [3.63, 3.8) is 0 Å². The number of carboxylic acids is 1. The molecular formula is C26H28ClN3O4. The topological polar surface area (TPSA) is 84.7 Å². The number of hydrogen-bond acceptors (Lipinski definition) is 5. The van der Waals surface area contributed by atoms with Crippen LogP contribution in [-0.4, -0.2) is 52.3 Å². The predicted octanol–water partition coefficient (Wildman–Crippen LogP) is 4.07. The van der Waals surface area contributed by atoms with Crippen LogP contribution in [0.5, 0.6) is 5.75 Å². The molecular weight excluding hydrogens is 454 g/mol. The van der Waals surface area contributed by atoms with Crippen LogP contribution in [-0.2, 0) is 19.4 Å². The Morgan fingerprint density at radius 1 is 1.26 bits per heavy atom. The lowest BCUT2D eigenvalue weighted by Gasteiger charge is -2.29. The number of benzene rings is 2. The van der Waals surface area contributed by atoms with Crippen molar-refractivity contribution in [1.82, 2.24) is 14.5 Å². The molecule has 0 bridgehead atoms. The second-order valence-electron chi connectivity index (χ2n) is 8.78. The lowest BCUT2D eigenvalue weighted by Crippen LogP contribution is -2.39. The maximum absolute atomic E-state index is 13.3. The molecule has 0 saturated carbocycles. The molecule has 0 saturated heterocycles. The largest absolute Gasteiger partial charge is 0.491 e. The minimum absolute atomic E-state index is 0.00291. The lowest BCUT2D eigenvalue weighted by molar-refractivity contribution is 0.0697. The lowest BCUT2D eigenvalue weighted by atomic mass is 9.92. The van der Waals surface area contributed by atoms with Gasteiger partial charge in [-0.2, -0.15) is 0 Å². The van der Waals surface area contributed by atoms with Gasteiger partial charge in [0.1, 0.15) is 18.2 Å². The van der Waals surface area contributed by atoms with Crippen molar-refractivity contribution in [2.24, 2.45) is 0 Å². The van der Waals surface area contributed by atoms with Gasteiger partial charge in [-0.3, -0.25) is 9.36 Å². The van der Waals surface area contributed by atoms with Crippen molar-refractivity contribution >= 4 is 17.6 Å². The highest BCUT2D eigenvalue weighted by Gasteiger charge is 2.25. The highest BCUT2D eigenvalue weighted by atomic mass is 35.5. The molecule has 0 aliphatic heterocycles. The Labute approximate surface area is 203 Å². The molecule has 7 nitrogen and oxygen atoms in total. The van der Waals surface area contributed by atoms with Crippen molar-refractivity contribution in [3.05, 3.63) is 80.5 Å². The van der Waals surface area contributed by atoms with Gasteiger partial charge in [-0.25, -0.2) is 9.78 Å². The molecule has 2 aromatic carbocycles. The summed E-state index contributed by atoms with van der Waals surface area (Å²) in [6.07, 6.45) is 2.52. The normalized spacial score (nSPS) is 15.3. The number of carboxylic acid groups (broad SMARTS) is 1. The van der Waals surface area contributed by atoms with Crippen LogP contribution >= 0.6 is 11.6 Å². The summed E-state index contributed by atoms with van der Waals surface area (Å²) in [5.74, 6) is 0.245. The first kappa shape index (κ1) is 24.0. The van der Waals surface area contributed by atoms with Gasteiger partial charge < -0.3 is 14.7 Å². The van der Waals surface area contributed by atoms with E-state index in [-0.39, 0.29) is 17.7 Å². The van der Waals surface area contributed by atoms with E-state index >= 15 is 0 Å². The molecule has 1 aliphatic carbocycles. The van der Waals surface area contributed by atoms with Gasteiger partial charge in [0.05, 0.1) is 17.8 Å². The standard InChI is InChI=1S/C26H28ClN3O4/c1-16-28-23-9-8-20(29(2)3)15-22(23)25(31)30(16)11-12-34-24-10-7-19(27)14-21(24)17-5-4-6-18(13-17)26(32)33/h4-7,10,13-14,20H,8-9,11-12,15H2,1-3H3,(H,32,33)/t20-/m1/s1. The summed E-state index contributed by atoms with van der Waals surface area (Å²) in [5, 5.41) is 9.85. The average Bonchev–Trinajstić information content (AvgIpc) is 2.81. The molecule has 0 spiro atoms. The zero-order chi connectivity index (χ0) is 24.4. The molecule has 8 heteroatoms. The van der Waals surface area contributed by atoms with E-state index < -0.39 is 5.97 Å². The number of halogens is 1. The summed E-state index contributed by atoms with van der Waals surface area (Å²) in [6, 6.07) is 12.2. The molecule has 0 unspecified atom stereocenters. The van der Waals surface area contributed by atoms with Crippen LogP contribution in [0.4, 0.5) is 0 Å². The number of fused-ring (bicyclic) bond motifs is 1. The number of hydrogen-bond donors (Lipinski definition) is 1. The number of ether oxygens (including phenoxy) is 1. The Morgan fingerprint density at radius 2 is 2.06 bits per heavy atom. The van der Waals surface area contributed by atoms with Gasteiger partial charge in [0, 0.05) is 22.2 Å². The van der Waals surface area contributed by atoms with Gasteiger partial charge in [0.15, 0.2) is 0 Å². The van der Waals surface area contributed by atoms with E-state index in [1.807, 2.05) is 27.1 Å². The van der Waals surface area contributed by atoms with Gasteiger partial charge >= 0.3 is 5.97 Å². The van der Waals surface area contributed by atoms with Crippen molar-refractivity contribution in [2.45, 2.75) is 38.8 Å². The fourth-order valence-corrected chi connectivity index (χ4v) is 4.61. The number of likely N-dealkylation sites (N-methyl/N-ethyl adjacent to an activating group) is 1. The Hall–Kier alpha value is -3.16. The molecule has 178 valence electrons. The number of aryl methyl sites for hydroxylation is 2. The first-order chi connectivity index (χ1) is 16.2. The number of rotatable bonds is 7. The molecule has 0 fully saturated rings. The number of nitrogens with zero attached hydrogens (tertiary/aromatic N) is 3. The Kier molecular flexibility index (Phi) is 7.05. The smallest absolute Gasteiger partial charge is 0.335 e. The summed E-state index contributed by atoms with van der Waals surface area (Å²) in [7, 11) is 4.08. The van der Waals surface area contributed by atoms with E-state index in [9.17, 15) is 14.7 Å². The van der Waals surface area contributed by atoms with Crippen LogP contribution < -0.4 is 10.3 Å². The highest BCUT2D eigenvalue weighted by Crippen LogP contribution is 2.33. The minimum atomic E-state index is -1.00. The molecule has 1 N–H and O–H groups in total. The van der Waals surface area contributed by atoms with Crippen LogP contribution in [0.2, 0.25) is 5.02 Å². The fraction of sp³-hybridized carbons (Fsp3) is 0.346. The molecule has 1 aromatic heterocycles. The average molecular weight is 482 g/mol. The maximum atomic E-state index is 13.3. The predicted molar refractivity (Wildman–Crippen MR) is 132 cm³/mol. The van der Waals surface area contributed by atoms with Crippen molar-refractivity contribution in [2.75, 3.05) is 20.7 Å². The van der Waals surface area contributed by atoms with Crippen LogP contribution in [0.1, 0.15) is 33.9 Å². The quantitative estimate of drug-likeness (QED) is 0.547. The summed E-state index contributed by atoms with van der Waals surface area (Å²) in [6.45, 7) is 2.46. The van der Waals surface area contributed by atoms with Gasteiger partial charge in [0.25, 0.3) is 5.56 Å². The molecule has 0 radical (unpaired) electrons. The van der Waals surface area contributed by atoms with Gasteiger partial charge in [-0.05, 0) is 76.2 Å². The molecule has 3 aromatic rings. The summed E-state index contributed by atoms with van der Waals surface area (Å²) < 4.78 is 7.74. The van der Waals surface area contributed by atoms with Crippen LogP contribution in [0.3, 0.4) is 0 Å². The third-order valence-corrected chi connectivity index (χ3v) is 6.59. The third kappa shape index (κ3) is 5.00. The van der Waals surface area contributed by atoms with E-state index in [0.717, 1.165) is 24.1 Å². The fourth-order valence-electron chi connectivity index (χ4n) is 4.43. The van der Waals surface area contributed by atoms with Crippen LogP contribution in [0, 0.1) is 6.92 Å². The molecule has 1 atom stereocenters. The van der Waals surface area contributed by atoms with Crippen molar-refractivity contribution in [3.8, 4) is 16.9 Å². The molecule has 1 aliphatic rings. The van der Waals surface area contributed by atoms with E-state index in [4.69, 9.17) is 21.3 Å². The molecule has 0 amide bonds. The Morgan fingerprint density at radius 3 is 2.79 bits per heavy atom. The Bertz CT molecular complexity index is 1290. The second kappa shape index (κ2) is 9.99. The van der Waals surface area contributed by atoms with E-state index in [1.165, 1.54) is 6.07 Å². The number of aromatic nitrogens is 2. The van der Waals surface area contributed by atoms with Crippen molar-refractivity contribution < 1.29 is 14.6 Å². The first-order valence-corrected chi connectivity index (χ1v) is 11.6. The minimum Gasteiger partial charge on any atom is -0.491 e. The maximum Gasteiger partial charge on any atom is 0.335 e. The van der Waals surface area contributed by atoms with Crippen molar-refractivity contribution in [1.29, 1.82) is 0 Å². The highest BCUT2D eigenvalue weighted by molar-refractivity contribution is 6.31. The zero-order valence-electron chi connectivity index (χ0n) is 19.5. The van der Waals surface area contributed by atoms with E-state index in [0.29, 0.717) is 46.7 Å². The van der Waals surface area contributed by atoms with Crippen LogP contribution in [0.25, 0.3) is 11.1 Å². The number of aromatic carboxylic acids is 1. The van der Waals surface area contributed by atoms with Gasteiger partial charge in [0.2, 0.25) is 0 Å². The summed E-state index contributed by atoms with van der Waals surface area (Å²) >= 11 is 6.21. The monoisotopic (exact) mass is 481 g/mol. The molecule has 34 heavy (non-hydrogen) atoms. The first-order valence-electron chi connectivity index (χ1n) is 11.3. The SMILES string of the molecule is Cc1nc2c(c(=O)n1CCOc1ccc(Cl)cc1-c1cccc(C(=O)O)c1)C[C@H](N(C)C)CC2. The zero-order valence-corrected chi connectivity index (χ0v) is 20.3. The third-order valence-electron chi connectivity index (χ3n) is 6.36. The molecule has 4 rings (SSSR count). The van der Waals surface area contributed by atoms with E-state index in [2.05, 4.69) is 4.90 Å². The van der Waals surface area contributed by atoms with Gasteiger partial charge in [-0.1, -0.05) is 23.7 Å². The summed E-state index contributed by atoms with van der Waals surface area (Å²) in [5.41, 5.74) is 3.28. The summed E-state index contributed by atoms with van der Waals surface area (Å²) in [4.78, 5) is 31.5. The van der Waals surface area contributed by atoms with Gasteiger partial charge in [-0.15, -0.1) is 0 Å².